The van der Waals surface area contributed by atoms with Crippen LogP contribution >= 0.6 is 0 Å². The van der Waals surface area contributed by atoms with E-state index in [1.807, 2.05) is 12.3 Å². The van der Waals surface area contributed by atoms with Crippen molar-refractivity contribution >= 4 is 5.91 Å². The van der Waals surface area contributed by atoms with Crippen molar-refractivity contribution in [2.45, 2.75) is 52.5 Å². The van der Waals surface area contributed by atoms with Crippen molar-refractivity contribution in [2.75, 3.05) is 26.2 Å². The molecule has 0 radical (unpaired) electrons. The van der Waals surface area contributed by atoms with Crippen LogP contribution in [0.4, 0.5) is 0 Å². The Bertz CT molecular complexity index is 545. The molecule has 132 valence electrons. The first-order valence-corrected chi connectivity index (χ1v) is 9.46. The van der Waals surface area contributed by atoms with E-state index < -0.39 is 0 Å². The molecule has 0 aromatic carbocycles. The lowest BCUT2D eigenvalue weighted by molar-refractivity contribution is -0.139. The first-order chi connectivity index (χ1) is 11.6. The molecule has 0 aliphatic carbocycles. The number of carbonyl (C=O) groups is 1. The van der Waals surface area contributed by atoms with Gasteiger partial charge in [0.1, 0.15) is 0 Å². The maximum atomic E-state index is 12.3. The van der Waals surface area contributed by atoms with Crippen molar-refractivity contribution < 1.29 is 4.79 Å². The van der Waals surface area contributed by atoms with Gasteiger partial charge in [-0.2, -0.15) is 0 Å². The lowest BCUT2D eigenvalue weighted by atomic mass is 9.73. The number of hydrogen-bond acceptors (Lipinski definition) is 3. The minimum atomic E-state index is 0.303. The number of hydrogen-bond donors (Lipinski definition) is 0. The minimum absolute atomic E-state index is 0.303. The molecule has 1 aromatic heterocycles. The quantitative estimate of drug-likeness (QED) is 0.831. The Kier molecular flexibility index (Phi) is 5.54. The first kappa shape index (κ1) is 17.4. The number of aromatic nitrogens is 1. The van der Waals surface area contributed by atoms with E-state index in [9.17, 15) is 4.79 Å². The zero-order valence-electron chi connectivity index (χ0n) is 15.2. The zero-order valence-corrected chi connectivity index (χ0v) is 15.2. The highest BCUT2D eigenvalue weighted by Crippen LogP contribution is 2.39. The second-order valence-corrected chi connectivity index (χ2v) is 8.13. The van der Waals surface area contributed by atoms with E-state index in [4.69, 9.17) is 0 Å². The molecule has 1 unspecified atom stereocenters. The Morgan fingerprint density at radius 3 is 2.88 bits per heavy atom. The van der Waals surface area contributed by atoms with Crippen molar-refractivity contribution in [3.8, 4) is 0 Å². The van der Waals surface area contributed by atoms with Crippen LogP contribution in [0, 0.1) is 11.3 Å². The van der Waals surface area contributed by atoms with Crippen LogP contribution < -0.4 is 0 Å². The molecule has 2 fully saturated rings. The molecule has 0 N–H and O–H groups in total. The summed E-state index contributed by atoms with van der Waals surface area (Å²) in [5, 5.41) is 0. The standard InChI is InChI=1S/C20H31N3O/c1-17(2)8-13-23-16-20(10-7-19(23)24)9-5-12-22(15-20)14-18-6-3-4-11-21-18/h3-4,6,11,17H,5,7-10,12-16H2,1-2H3. The summed E-state index contributed by atoms with van der Waals surface area (Å²) in [5.41, 5.74) is 1.45. The van der Waals surface area contributed by atoms with Gasteiger partial charge in [0.15, 0.2) is 0 Å². The van der Waals surface area contributed by atoms with Gasteiger partial charge in [0.25, 0.3) is 0 Å². The third-order valence-electron chi connectivity index (χ3n) is 5.58. The molecule has 0 saturated carbocycles. The van der Waals surface area contributed by atoms with Gasteiger partial charge in [-0.25, -0.2) is 0 Å². The van der Waals surface area contributed by atoms with Crippen molar-refractivity contribution in [3.05, 3.63) is 30.1 Å². The van der Waals surface area contributed by atoms with Crippen molar-refractivity contribution in [3.63, 3.8) is 0 Å². The van der Waals surface area contributed by atoms with Gasteiger partial charge in [0.05, 0.1) is 5.69 Å². The first-order valence-electron chi connectivity index (χ1n) is 9.46. The third kappa shape index (κ3) is 4.35. The van der Waals surface area contributed by atoms with Crippen LogP contribution in [0.3, 0.4) is 0 Å². The summed E-state index contributed by atoms with van der Waals surface area (Å²) in [5.74, 6) is 1.02. The van der Waals surface area contributed by atoms with Gasteiger partial charge >= 0.3 is 0 Å². The lowest BCUT2D eigenvalue weighted by Crippen LogP contribution is -2.54. The molecule has 1 atom stereocenters. The van der Waals surface area contributed by atoms with E-state index in [-0.39, 0.29) is 0 Å². The van der Waals surface area contributed by atoms with E-state index >= 15 is 0 Å². The van der Waals surface area contributed by atoms with Crippen molar-refractivity contribution in [1.29, 1.82) is 0 Å². The molecule has 3 heterocycles. The molecule has 4 heteroatoms. The molecule has 24 heavy (non-hydrogen) atoms. The molecule has 3 rings (SSSR count). The van der Waals surface area contributed by atoms with Crippen LogP contribution in [0.2, 0.25) is 0 Å². The molecular formula is C20H31N3O. The van der Waals surface area contributed by atoms with E-state index in [1.165, 1.54) is 12.8 Å². The molecule has 2 aliphatic heterocycles. The van der Waals surface area contributed by atoms with Gasteiger partial charge in [0.2, 0.25) is 5.91 Å². The van der Waals surface area contributed by atoms with E-state index in [0.717, 1.165) is 57.7 Å². The van der Waals surface area contributed by atoms with E-state index in [0.29, 0.717) is 17.2 Å². The topological polar surface area (TPSA) is 36.4 Å². The van der Waals surface area contributed by atoms with Crippen molar-refractivity contribution in [1.82, 2.24) is 14.8 Å². The average Bonchev–Trinajstić information content (AvgIpc) is 2.57. The fraction of sp³-hybridized carbons (Fsp3) is 0.700. The Balaban J connectivity index is 1.62. The predicted molar refractivity (Wildman–Crippen MR) is 96.5 cm³/mol. The molecule has 4 nitrogen and oxygen atoms in total. The number of piperidine rings is 2. The Morgan fingerprint density at radius 2 is 2.12 bits per heavy atom. The third-order valence-corrected chi connectivity index (χ3v) is 5.58. The molecule has 2 saturated heterocycles. The fourth-order valence-corrected chi connectivity index (χ4v) is 4.22. The van der Waals surface area contributed by atoms with Crippen LogP contribution in [-0.2, 0) is 11.3 Å². The zero-order chi connectivity index (χ0) is 17.0. The maximum Gasteiger partial charge on any atom is 0.222 e. The Labute approximate surface area is 146 Å². The summed E-state index contributed by atoms with van der Waals surface area (Å²) in [7, 11) is 0. The van der Waals surface area contributed by atoms with Gasteiger partial charge in [0, 0.05) is 44.2 Å². The van der Waals surface area contributed by atoms with Crippen LogP contribution in [0.15, 0.2) is 24.4 Å². The summed E-state index contributed by atoms with van der Waals surface area (Å²) in [6.45, 7) is 9.55. The number of likely N-dealkylation sites (tertiary alicyclic amines) is 2. The van der Waals surface area contributed by atoms with Gasteiger partial charge in [-0.3, -0.25) is 14.7 Å². The van der Waals surface area contributed by atoms with Gasteiger partial charge < -0.3 is 4.90 Å². The highest BCUT2D eigenvalue weighted by molar-refractivity contribution is 5.77. The highest BCUT2D eigenvalue weighted by Gasteiger charge is 2.41. The monoisotopic (exact) mass is 329 g/mol. The van der Waals surface area contributed by atoms with Crippen LogP contribution in [-0.4, -0.2) is 46.9 Å². The number of nitrogens with zero attached hydrogens (tertiary/aromatic N) is 3. The van der Waals surface area contributed by atoms with Gasteiger partial charge in [-0.1, -0.05) is 19.9 Å². The van der Waals surface area contributed by atoms with Gasteiger partial charge in [-0.05, 0) is 50.3 Å². The van der Waals surface area contributed by atoms with E-state index in [2.05, 4.69) is 40.8 Å². The highest BCUT2D eigenvalue weighted by atomic mass is 16.2. The smallest absolute Gasteiger partial charge is 0.222 e. The normalized spacial score (nSPS) is 25.6. The molecule has 1 amide bonds. The molecular weight excluding hydrogens is 298 g/mol. The summed E-state index contributed by atoms with van der Waals surface area (Å²) in [4.78, 5) is 21.5. The molecule has 2 aliphatic rings. The number of rotatable bonds is 5. The predicted octanol–water partition coefficient (Wildman–Crippen LogP) is 3.33. The lowest BCUT2D eigenvalue weighted by Gasteiger charge is -2.48. The summed E-state index contributed by atoms with van der Waals surface area (Å²) in [6, 6.07) is 6.15. The van der Waals surface area contributed by atoms with Crippen molar-refractivity contribution in [2.24, 2.45) is 11.3 Å². The average molecular weight is 329 g/mol. The second kappa shape index (κ2) is 7.64. The number of carbonyl (C=O) groups excluding carboxylic acids is 1. The summed E-state index contributed by atoms with van der Waals surface area (Å²) >= 11 is 0. The Morgan fingerprint density at radius 1 is 1.25 bits per heavy atom. The largest absolute Gasteiger partial charge is 0.342 e. The minimum Gasteiger partial charge on any atom is -0.342 e. The SMILES string of the molecule is CC(C)CCN1CC2(CCCN(Cc3ccccn3)C2)CCC1=O. The Hall–Kier alpha value is -1.42. The fourth-order valence-electron chi connectivity index (χ4n) is 4.22. The second-order valence-electron chi connectivity index (χ2n) is 8.13. The van der Waals surface area contributed by atoms with E-state index in [1.54, 1.807) is 0 Å². The maximum absolute atomic E-state index is 12.3. The van der Waals surface area contributed by atoms with Gasteiger partial charge in [-0.15, -0.1) is 0 Å². The molecule has 1 spiro atoms. The molecule has 0 bridgehead atoms. The van der Waals surface area contributed by atoms with Crippen LogP contribution in [0.5, 0.6) is 0 Å². The summed E-state index contributed by atoms with van der Waals surface area (Å²) < 4.78 is 0. The number of pyridine rings is 1. The summed E-state index contributed by atoms with van der Waals surface area (Å²) in [6.07, 6.45) is 7.27. The van der Waals surface area contributed by atoms with Crippen LogP contribution in [0.25, 0.3) is 0 Å². The van der Waals surface area contributed by atoms with Crippen LogP contribution in [0.1, 0.15) is 51.6 Å². The molecule has 1 aromatic rings. The number of amides is 1.